The Kier molecular flexibility index (Phi) is 16.3. The fraction of sp³-hybridized carbons (Fsp3) is 0.219. The molecular weight excluding hydrogens is 1130 g/mol. The Balaban J connectivity index is 0.000000179. The van der Waals surface area contributed by atoms with E-state index in [4.69, 9.17) is 37.9 Å². The molecule has 2 aliphatic rings. The summed E-state index contributed by atoms with van der Waals surface area (Å²) in [4.78, 5) is 34.4. The van der Waals surface area contributed by atoms with Gasteiger partial charge in [-0.25, -0.2) is 27.8 Å². The number of aryl methyl sites for hydroxylation is 2. The van der Waals surface area contributed by atoms with Crippen LogP contribution in [0, 0.1) is 60.6 Å². The highest BCUT2D eigenvalue weighted by Gasteiger charge is 2.28. The molecular formula is C64H52F6N6O10. The van der Waals surface area contributed by atoms with E-state index >= 15 is 0 Å². The molecule has 440 valence electrons. The first-order valence-electron chi connectivity index (χ1n) is 27.0. The number of ether oxygens (including phenoxy) is 8. The van der Waals surface area contributed by atoms with E-state index in [1.807, 2.05) is 32.0 Å². The number of benzene rings is 6. The van der Waals surface area contributed by atoms with Crippen molar-refractivity contribution >= 4 is 22.9 Å². The maximum Gasteiger partial charge on any atom is 0.241 e. The third kappa shape index (κ3) is 12.1. The van der Waals surface area contributed by atoms with Crippen molar-refractivity contribution in [3.05, 3.63) is 179 Å². The van der Waals surface area contributed by atoms with Gasteiger partial charge in [-0.3, -0.25) is 9.59 Å². The number of carbonyl (C=O) groups excluding carboxylic acids is 2. The van der Waals surface area contributed by atoms with Crippen LogP contribution in [0.15, 0.2) is 122 Å². The first-order valence-corrected chi connectivity index (χ1v) is 27.0. The first kappa shape index (κ1) is 57.7. The van der Waals surface area contributed by atoms with E-state index in [-0.39, 0.29) is 75.0 Å². The molecule has 0 saturated heterocycles. The van der Waals surface area contributed by atoms with E-state index in [1.165, 1.54) is 92.2 Å². The predicted octanol–water partition coefficient (Wildman–Crippen LogP) is 15.4. The number of rotatable bonds is 20. The number of hydrogen-bond acceptors (Lipinski definition) is 14. The molecule has 0 unspecified atom stereocenters. The summed E-state index contributed by atoms with van der Waals surface area (Å²) < 4.78 is 133. The maximum absolute atomic E-state index is 14.9. The average Bonchev–Trinajstić information content (AvgIpc) is 2.90. The first-order chi connectivity index (χ1) is 41.5. The standard InChI is InChI=1S/C32H25F4N3O5.C32H27F2N3O5/c1-16-12-18(6-7-19(16)21(40)13-17-4-5-17)20-15-37-32-26(43-24-10-8-22(41-2)28(33)30(24)35)14-27(38-39(20)32)44-25-11-9-23(42-3)29(34)31(25)36;1-18-12-20(6-9-23(18)27(38)13-19-4-5-19)26-17-35-32-30(41-21-7-10-28(39-2)24(33)14-21)16-31(36-37(26)32)42-22-8-11-29(40-3)25(34)15-22/h6-12,14-15,17H,4-5,13H2,1-3H3;6-12,14-17,19H,4-5,13H2,1-3H3. The van der Waals surface area contributed by atoms with E-state index in [2.05, 4.69) is 20.2 Å². The third-order valence-electron chi connectivity index (χ3n) is 14.4. The van der Waals surface area contributed by atoms with Crippen LogP contribution in [-0.2, 0) is 0 Å². The highest BCUT2D eigenvalue weighted by Crippen LogP contribution is 2.41. The molecule has 2 aliphatic carbocycles. The lowest BCUT2D eigenvalue weighted by atomic mass is 9.98. The molecule has 10 aromatic rings. The van der Waals surface area contributed by atoms with Crippen LogP contribution in [-0.4, -0.2) is 69.2 Å². The fourth-order valence-electron chi connectivity index (χ4n) is 9.54. The summed E-state index contributed by atoms with van der Waals surface area (Å²) in [5.74, 6) is -6.50. The minimum Gasteiger partial charge on any atom is -0.494 e. The van der Waals surface area contributed by atoms with Crippen LogP contribution in [0.25, 0.3) is 33.8 Å². The Morgan fingerprint density at radius 3 is 1.24 bits per heavy atom. The van der Waals surface area contributed by atoms with Crippen LogP contribution in [0.4, 0.5) is 26.3 Å². The molecule has 0 bridgehead atoms. The molecule has 12 rings (SSSR count). The fourth-order valence-corrected chi connectivity index (χ4v) is 9.54. The molecule has 2 fully saturated rings. The smallest absolute Gasteiger partial charge is 0.241 e. The zero-order valence-electron chi connectivity index (χ0n) is 47.0. The number of halogens is 6. The van der Waals surface area contributed by atoms with Gasteiger partial charge in [-0.15, -0.1) is 10.2 Å². The second kappa shape index (κ2) is 24.2. The summed E-state index contributed by atoms with van der Waals surface area (Å²) in [6, 6.07) is 26.6. The zero-order chi connectivity index (χ0) is 60.5. The molecule has 4 heterocycles. The van der Waals surface area contributed by atoms with Crippen LogP contribution >= 0.6 is 0 Å². The molecule has 0 N–H and O–H groups in total. The molecule has 4 aromatic heterocycles. The number of aromatic nitrogens is 6. The quantitative estimate of drug-likeness (QED) is 0.0522. The minimum absolute atomic E-state index is 0.0710. The monoisotopic (exact) mass is 1180 g/mol. The van der Waals surface area contributed by atoms with Crippen molar-refractivity contribution in [3.63, 3.8) is 0 Å². The number of hydrogen-bond donors (Lipinski definition) is 0. The summed E-state index contributed by atoms with van der Waals surface area (Å²) in [6.45, 7) is 3.73. The van der Waals surface area contributed by atoms with E-state index in [0.717, 1.165) is 54.5 Å². The molecule has 2 saturated carbocycles. The summed E-state index contributed by atoms with van der Waals surface area (Å²) in [6.07, 6.45) is 8.51. The average molecular weight is 1180 g/mol. The van der Waals surface area contributed by atoms with Gasteiger partial charge in [0, 0.05) is 59.4 Å². The molecule has 0 spiro atoms. The molecule has 6 aromatic carbocycles. The van der Waals surface area contributed by atoms with Gasteiger partial charge in [0.15, 0.2) is 80.5 Å². The normalized spacial score (nSPS) is 12.8. The zero-order valence-corrected chi connectivity index (χ0v) is 47.0. The van der Waals surface area contributed by atoms with Crippen molar-refractivity contribution in [2.75, 3.05) is 28.4 Å². The SMILES string of the molecule is COc1ccc(Oc2cc(Oc3ccc(OC)c(F)c3)c3ncc(-c4ccc(C(=O)CC5CC5)c(C)c4)n3n2)cc1F.COc1ccc(Oc2cc(Oc3ccc(OC)c(F)c3F)c3ncc(-c4ccc(C(=O)CC5CC5)c(C)c4)n3n2)c(F)c1F. The molecule has 86 heavy (non-hydrogen) atoms. The predicted molar refractivity (Wildman–Crippen MR) is 302 cm³/mol. The van der Waals surface area contributed by atoms with Crippen molar-refractivity contribution in [2.24, 2.45) is 11.8 Å². The molecule has 0 radical (unpaired) electrons. The topological polar surface area (TPSA) is 168 Å². The lowest BCUT2D eigenvalue weighted by molar-refractivity contribution is 0.0967. The lowest BCUT2D eigenvalue weighted by Crippen LogP contribution is -2.04. The Hall–Kier alpha value is -10.1. The van der Waals surface area contributed by atoms with Crippen molar-refractivity contribution in [2.45, 2.75) is 52.4 Å². The largest absolute Gasteiger partial charge is 0.494 e. The summed E-state index contributed by atoms with van der Waals surface area (Å²) in [7, 11) is 5.13. The van der Waals surface area contributed by atoms with Gasteiger partial charge in [0.1, 0.15) is 11.5 Å². The van der Waals surface area contributed by atoms with E-state index in [9.17, 15) is 35.9 Å². The Labute approximate surface area is 487 Å². The molecule has 16 nitrogen and oxygen atoms in total. The summed E-state index contributed by atoms with van der Waals surface area (Å²) in [5.41, 5.74) is 5.73. The van der Waals surface area contributed by atoms with Gasteiger partial charge in [0.2, 0.25) is 35.0 Å². The van der Waals surface area contributed by atoms with Crippen LogP contribution in [0.1, 0.15) is 70.4 Å². The van der Waals surface area contributed by atoms with Crippen LogP contribution in [0.2, 0.25) is 0 Å². The van der Waals surface area contributed by atoms with Crippen LogP contribution < -0.4 is 37.9 Å². The van der Waals surface area contributed by atoms with Crippen molar-refractivity contribution < 1.29 is 73.8 Å². The van der Waals surface area contributed by atoms with Crippen molar-refractivity contribution in [1.29, 1.82) is 0 Å². The minimum atomic E-state index is -1.33. The van der Waals surface area contributed by atoms with Gasteiger partial charge in [-0.1, -0.05) is 24.3 Å². The summed E-state index contributed by atoms with van der Waals surface area (Å²) >= 11 is 0. The number of fused-ring (bicyclic) bond motifs is 2. The van der Waals surface area contributed by atoms with Crippen molar-refractivity contribution in [1.82, 2.24) is 29.2 Å². The van der Waals surface area contributed by atoms with E-state index in [0.29, 0.717) is 58.4 Å². The van der Waals surface area contributed by atoms with Crippen LogP contribution in [0.3, 0.4) is 0 Å². The second-order valence-electron chi connectivity index (χ2n) is 20.4. The Bertz CT molecular complexity index is 4280. The third-order valence-corrected chi connectivity index (χ3v) is 14.4. The summed E-state index contributed by atoms with van der Waals surface area (Å²) in [5, 5.41) is 9.00. The molecule has 0 amide bonds. The highest BCUT2D eigenvalue weighted by molar-refractivity contribution is 5.99. The van der Waals surface area contributed by atoms with Gasteiger partial charge in [0.25, 0.3) is 0 Å². The Morgan fingerprint density at radius 1 is 0.442 bits per heavy atom. The second-order valence-corrected chi connectivity index (χ2v) is 20.4. The number of methoxy groups -OCH3 is 4. The van der Waals surface area contributed by atoms with E-state index in [1.54, 1.807) is 36.5 Å². The number of nitrogens with zero attached hydrogens (tertiary/aromatic N) is 6. The highest BCUT2D eigenvalue weighted by atomic mass is 19.2. The number of imidazole rings is 2. The van der Waals surface area contributed by atoms with Crippen molar-refractivity contribution in [3.8, 4) is 91.8 Å². The lowest BCUT2D eigenvalue weighted by Gasteiger charge is -2.13. The molecule has 22 heteroatoms. The molecule has 0 aliphatic heterocycles. The van der Waals surface area contributed by atoms with E-state index < -0.39 is 46.4 Å². The Morgan fingerprint density at radius 2 is 0.826 bits per heavy atom. The number of Topliss-reactive ketones (excluding diaryl/α,β-unsaturated/α-hetero) is 2. The molecule has 0 atom stereocenters. The maximum atomic E-state index is 14.9. The number of ketones is 2. The van der Waals surface area contributed by atoms with Gasteiger partial charge in [0.05, 0.1) is 52.2 Å². The van der Waals surface area contributed by atoms with Gasteiger partial charge >= 0.3 is 0 Å². The van der Waals surface area contributed by atoms with Gasteiger partial charge in [-0.05, 0) is 123 Å². The van der Waals surface area contributed by atoms with Gasteiger partial charge in [-0.2, -0.15) is 17.6 Å². The van der Waals surface area contributed by atoms with Crippen LogP contribution in [0.5, 0.6) is 69.3 Å². The van der Waals surface area contributed by atoms with Gasteiger partial charge < -0.3 is 37.9 Å². The number of carbonyl (C=O) groups is 2.